The van der Waals surface area contributed by atoms with Gasteiger partial charge in [-0.2, -0.15) is 0 Å². The maximum Gasteiger partial charge on any atom is 0.195 e. The summed E-state index contributed by atoms with van der Waals surface area (Å²) in [6.07, 6.45) is 0. The van der Waals surface area contributed by atoms with Crippen molar-refractivity contribution in [1.82, 2.24) is 0 Å². The van der Waals surface area contributed by atoms with E-state index in [-0.39, 0.29) is 11.6 Å². The molecular formula is C42H32O2. The van der Waals surface area contributed by atoms with Crippen LogP contribution in [0.3, 0.4) is 0 Å². The number of aryl methyl sites for hydroxylation is 4. The van der Waals surface area contributed by atoms with E-state index in [1.54, 1.807) is 0 Å². The van der Waals surface area contributed by atoms with Crippen LogP contribution in [0.4, 0.5) is 0 Å². The molecular weight excluding hydrogens is 536 g/mol. The topological polar surface area (TPSA) is 34.1 Å². The van der Waals surface area contributed by atoms with Crippen LogP contribution in [0.2, 0.25) is 0 Å². The molecule has 0 aliphatic heterocycles. The van der Waals surface area contributed by atoms with Crippen LogP contribution in [0.1, 0.15) is 54.1 Å². The molecule has 0 fully saturated rings. The molecule has 1 aliphatic rings. The number of carbonyl (C=O) groups is 2. The summed E-state index contributed by atoms with van der Waals surface area (Å²) in [6, 6.07) is 40.7. The zero-order chi connectivity index (χ0) is 30.5. The van der Waals surface area contributed by atoms with Crippen LogP contribution < -0.4 is 0 Å². The molecule has 0 heterocycles. The summed E-state index contributed by atoms with van der Waals surface area (Å²) in [5.74, 6) is -0.238. The van der Waals surface area contributed by atoms with Gasteiger partial charge in [0.25, 0.3) is 0 Å². The minimum absolute atomic E-state index is 0.119. The zero-order valence-electron chi connectivity index (χ0n) is 25.4. The predicted octanol–water partition coefficient (Wildman–Crippen LogP) is 10.4. The molecule has 2 nitrogen and oxygen atoms in total. The maximum absolute atomic E-state index is 15.2. The highest BCUT2D eigenvalue weighted by atomic mass is 16.1. The summed E-state index contributed by atoms with van der Waals surface area (Å²) < 4.78 is 0. The summed E-state index contributed by atoms with van der Waals surface area (Å²) in [5, 5.41) is 0. The van der Waals surface area contributed by atoms with Gasteiger partial charge in [-0.05, 0) is 72.2 Å². The van der Waals surface area contributed by atoms with Gasteiger partial charge in [0.15, 0.2) is 11.6 Å². The molecule has 1 aliphatic carbocycles. The van der Waals surface area contributed by atoms with Crippen molar-refractivity contribution in [1.29, 1.82) is 0 Å². The average molecular weight is 569 g/mol. The number of rotatable bonds is 4. The quantitative estimate of drug-likeness (QED) is 0.212. The van der Waals surface area contributed by atoms with Gasteiger partial charge < -0.3 is 0 Å². The lowest BCUT2D eigenvalue weighted by molar-refractivity contribution is 0.0981. The lowest BCUT2D eigenvalue weighted by Gasteiger charge is -2.27. The van der Waals surface area contributed by atoms with Crippen molar-refractivity contribution in [3.05, 3.63) is 166 Å². The minimum Gasteiger partial charge on any atom is -0.289 e. The molecule has 0 unspecified atom stereocenters. The first-order valence-corrected chi connectivity index (χ1v) is 15.0. The molecule has 6 aromatic rings. The van der Waals surface area contributed by atoms with Crippen LogP contribution in [-0.2, 0) is 0 Å². The SMILES string of the molecule is Cc1cccc(-c2ccc(-c3cccc(C)c3)c3c2C(=O)c2c(-c4cccc(C)c4)ccc(-c4cccc(C)c4)c2C3=O)c1. The molecule has 0 aromatic heterocycles. The number of ketones is 2. The van der Waals surface area contributed by atoms with Crippen LogP contribution in [0.5, 0.6) is 0 Å². The largest absolute Gasteiger partial charge is 0.289 e. The molecule has 0 N–H and O–H groups in total. The second-order valence-corrected chi connectivity index (χ2v) is 12.0. The summed E-state index contributed by atoms with van der Waals surface area (Å²) in [7, 11) is 0. The van der Waals surface area contributed by atoms with Crippen molar-refractivity contribution in [2.75, 3.05) is 0 Å². The van der Waals surface area contributed by atoms with E-state index < -0.39 is 0 Å². The Kier molecular flexibility index (Phi) is 6.71. The van der Waals surface area contributed by atoms with Crippen LogP contribution in [0.15, 0.2) is 121 Å². The number of benzene rings is 6. The highest BCUT2D eigenvalue weighted by molar-refractivity contribution is 6.35. The van der Waals surface area contributed by atoms with Crippen LogP contribution in [-0.4, -0.2) is 11.6 Å². The fourth-order valence-corrected chi connectivity index (χ4v) is 6.61. The fourth-order valence-electron chi connectivity index (χ4n) is 6.61. The van der Waals surface area contributed by atoms with Crippen molar-refractivity contribution in [2.24, 2.45) is 0 Å². The molecule has 44 heavy (non-hydrogen) atoms. The highest BCUT2D eigenvalue weighted by Gasteiger charge is 2.38. The lowest BCUT2D eigenvalue weighted by Crippen LogP contribution is -2.25. The van der Waals surface area contributed by atoms with Gasteiger partial charge in [0, 0.05) is 22.3 Å². The van der Waals surface area contributed by atoms with Crippen LogP contribution in [0.25, 0.3) is 44.5 Å². The molecule has 0 radical (unpaired) electrons. The van der Waals surface area contributed by atoms with Gasteiger partial charge in [-0.1, -0.05) is 144 Å². The Balaban J connectivity index is 1.60. The van der Waals surface area contributed by atoms with E-state index in [0.29, 0.717) is 22.3 Å². The van der Waals surface area contributed by atoms with Gasteiger partial charge >= 0.3 is 0 Å². The van der Waals surface area contributed by atoms with Gasteiger partial charge in [-0.25, -0.2) is 0 Å². The number of carbonyl (C=O) groups excluding carboxylic acids is 2. The Morgan fingerprint density at radius 2 is 0.545 bits per heavy atom. The van der Waals surface area contributed by atoms with E-state index in [0.717, 1.165) is 66.8 Å². The highest BCUT2D eigenvalue weighted by Crippen LogP contribution is 2.45. The van der Waals surface area contributed by atoms with Gasteiger partial charge in [0.05, 0.1) is 0 Å². The Morgan fingerprint density at radius 1 is 0.318 bits per heavy atom. The van der Waals surface area contributed by atoms with E-state index in [1.165, 1.54) is 0 Å². The van der Waals surface area contributed by atoms with Crippen molar-refractivity contribution in [2.45, 2.75) is 27.7 Å². The van der Waals surface area contributed by atoms with Crippen LogP contribution >= 0.6 is 0 Å². The summed E-state index contributed by atoms with van der Waals surface area (Å²) in [5.41, 5.74) is 13.1. The molecule has 0 spiro atoms. The van der Waals surface area contributed by atoms with Crippen molar-refractivity contribution in [3.8, 4) is 44.5 Å². The second kappa shape index (κ2) is 10.7. The third-order valence-electron chi connectivity index (χ3n) is 8.64. The number of hydrogen-bond donors (Lipinski definition) is 0. The number of fused-ring (bicyclic) bond motifs is 2. The first kappa shape index (κ1) is 27.5. The third kappa shape index (κ3) is 4.60. The summed E-state index contributed by atoms with van der Waals surface area (Å²) in [4.78, 5) is 30.3. The van der Waals surface area contributed by atoms with Crippen molar-refractivity contribution in [3.63, 3.8) is 0 Å². The fraction of sp³-hybridized carbons (Fsp3) is 0.0952. The van der Waals surface area contributed by atoms with Gasteiger partial charge in [0.2, 0.25) is 0 Å². The monoisotopic (exact) mass is 568 g/mol. The Morgan fingerprint density at radius 3 is 0.750 bits per heavy atom. The second-order valence-electron chi connectivity index (χ2n) is 12.0. The molecule has 0 amide bonds. The molecule has 0 saturated carbocycles. The normalized spacial score (nSPS) is 12.2. The average Bonchev–Trinajstić information content (AvgIpc) is 3.02. The van der Waals surface area contributed by atoms with Gasteiger partial charge in [0.1, 0.15) is 0 Å². The predicted molar refractivity (Wildman–Crippen MR) is 180 cm³/mol. The standard InChI is InChI=1S/C42H32O2/c1-25-9-5-13-29(21-25)33-17-18-34(30-14-6-10-26(2)22-30)38-37(33)41(43)39-35(31-15-7-11-27(3)23-31)19-20-36(40(39)42(38)44)32-16-8-12-28(4)24-32/h5-24H,1-4H3. The van der Waals surface area contributed by atoms with Gasteiger partial charge in [-0.15, -0.1) is 0 Å². The zero-order valence-corrected chi connectivity index (χ0v) is 25.4. The first-order chi connectivity index (χ1) is 21.3. The molecule has 212 valence electrons. The Hall–Kier alpha value is -5.34. The van der Waals surface area contributed by atoms with Crippen molar-refractivity contribution < 1.29 is 9.59 Å². The number of hydrogen-bond acceptors (Lipinski definition) is 2. The first-order valence-electron chi connectivity index (χ1n) is 15.0. The Bertz CT molecular complexity index is 1840. The summed E-state index contributed by atoms with van der Waals surface area (Å²) >= 11 is 0. The van der Waals surface area contributed by atoms with E-state index in [2.05, 4.69) is 24.3 Å². The Labute approximate surface area is 258 Å². The molecule has 0 atom stereocenters. The summed E-state index contributed by atoms with van der Waals surface area (Å²) in [6.45, 7) is 8.18. The molecule has 0 bridgehead atoms. The van der Waals surface area contributed by atoms with Gasteiger partial charge in [-0.3, -0.25) is 9.59 Å². The van der Waals surface area contributed by atoms with E-state index in [1.807, 2.05) is 125 Å². The van der Waals surface area contributed by atoms with E-state index in [9.17, 15) is 0 Å². The third-order valence-corrected chi connectivity index (χ3v) is 8.64. The van der Waals surface area contributed by atoms with E-state index >= 15 is 9.59 Å². The smallest absolute Gasteiger partial charge is 0.195 e. The lowest BCUT2D eigenvalue weighted by atomic mass is 9.73. The van der Waals surface area contributed by atoms with Crippen LogP contribution in [0, 0.1) is 27.7 Å². The van der Waals surface area contributed by atoms with Crippen molar-refractivity contribution >= 4 is 11.6 Å². The molecule has 2 heteroatoms. The van der Waals surface area contributed by atoms with E-state index in [4.69, 9.17) is 0 Å². The minimum atomic E-state index is -0.119. The molecule has 0 saturated heterocycles. The molecule has 6 aromatic carbocycles. The maximum atomic E-state index is 15.2. The molecule has 7 rings (SSSR count).